The van der Waals surface area contributed by atoms with Gasteiger partial charge >= 0.3 is 0 Å². The number of halogens is 2. The minimum absolute atomic E-state index is 0.0410. The lowest BCUT2D eigenvalue weighted by Crippen LogP contribution is -2.23. The summed E-state index contributed by atoms with van der Waals surface area (Å²) in [5.74, 6) is -0.752. The molecule has 102 valence electrons. The highest BCUT2D eigenvalue weighted by atomic mass is 35.5. The fourth-order valence-corrected chi connectivity index (χ4v) is 2.66. The van der Waals surface area contributed by atoms with Crippen LogP contribution in [0.5, 0.6) is 0 Å². The molecule has 0 aliphatic rings. The lowest BCUT2D eigenvalue weighted by atomic mass is 10.2. The molecule has 0 unspecified atom stereocenters. The van der Waals surface area contributed by atoms with E-state index >= 15 is 0 Å². The van der Waals surface area contributed by atoms with Gasteiger partial charge in [0.2, 0.25) is 0 Å². The van der Waals surface area contributed by atoms with Gasteiger partial charge in [0.05, 0.1) is 5.02 Å². The average molecular weight is 310 g/mol. The largest absolute Gasteiger partial charge is 0.347 e. The summed E-state index contributed by atoms with van der Waals surface area (Å²) in [5.41, 5.74) is 1.08. The molecule has 0 atom stereocenters. The monoisotopic (exact) mass is 309 g/mol. The van der Waals surface area contributed by atoms with Crippen molar-refractivity contribution in [1.29, 1.82) is 0 Å². The van der Waals surface area contributed by atoms with E-state index in [1.807, 2.05) is 11.6 Å². The van der Waals surface area contributed by atoms with Crippen molar-refractivity contribution in [2.24, 2.45) is 0 Å². The molecule has 0 spiro atoms. The zero-order valence-electron chi connectivity index (χ0n) is 10.1. The fraction of sp³-hybridized carbons (Fsp3) is 0.0769. The second-order valence-corrected chi connectivity index (χ2v) is 5.43. The maximum atomic E-state index is 13.0. The molecule has 1 amide bonds. The maximum absolute atomic E-state index is 13.0. The molecule has 3 rings (SSSR count). The minimum Gasteiger partial charge on any atom is -0.347 e. The molecule has 2 aromatic heterocycles. The zero-order valence-corrected chi connectivity index (χ0v) is 11.7. The Morgan fingerprint density at radius 1 is 1.50 bits per heavy atom. The Balaban J connectivity index is 1.69. The van der Waals surface area contributed by atoms with Crippen molar-refractivity contribution >= 4 is 33.8 Å². The molecule has 0 aliphatic carbocycles. The fourth-order valence-electron chi connectivity index (χ4n) is 1.76. The van der Waals surface area contributed by atoms with Gasteiger partial charge in [-0.25, -0.2) is 9.37 Å². The molecule has 0 bridgehead atoms. The van der Waals surface area contributed by atoms with Gasteiger partial charge in [0.1, 0.15) is 11.5 Å². The van der Waals surface area contributed by atoms with Crippen LogP contribution < -0.4 is 5.32 Å². The van der Waals surface area contributed by atoms with Gasteiger partial charge in [0.25, 0.3) is 5.91 Å². The molecule has 2 heterocycles. The van der Waals surface area contributed by atoms with Crippen LogP contribution in [0.25, 0.3) is 4.96 Å². The molecule has 0 saturated heterocycles. The van der Waals surface area contributed by atoms with Crippen molar-refractivity contribution in [2.45, 2.75) is 6.54 Å². The van der Waals surface area contributed by atoms with Crippen molar-refractivity contribution in [3.63, 3.8) is 0 Å². The van der Waals surface area contributed by atoms with Crippen molar-refractivity contribution in [2.75, 3.05) is 0 Å². The van der Waals surface area contributed by atoms with E-state index in [2.05, 4.69) is 10.3 Å². The topological polar surface area (TPSA) is 46.4 Å². The molecule has 20 heavy (non-hydrogen) atoms. The average Bonchev–Trinajstić information content (AvgIpc) is 3.00. The number of thiazole rings is 1. The molecule has 0 fully saturated rings. The van der Waals surface area contributed by atoms with Gasteiger partial charge in [-0.2, -0.15) is 0 Å². The Hall–Kier alpha value is -1.92. The number of fused-ring (bicyclic) bond motifs is 1. The molecular weight excluding hydrogens is 301 g/mol. The molecule has 0 radical (unpaired) electrons. The molecule has 1 aromatic carbocycles. The lowest BCUT2D eigenvalue weighted by molar-refractivity contribution is 0.0946. The third kappa shape index (κ3) is 2.52. The Labute approximate surface area is 122 Å². The van der Waals surface area contributed by atoms with E-state index in [4.69, 9.17) is 11.6 Å². The highest BCUT2D eigenvalue weighted by Crippen LogP contribution is 2.16. The van der Waals surface area contributed by atoms with E-state index in [0.717, 1.165) is 10.5 Å². The first kappa shape index (κ1) is 13.1. The zero-order chi connectivity index (χ0) is 14.1. The third-order valence-corrected chi connectivity index (χ3v) is 3.82. The number of benzene rings is 1. The summed E-state index contributed by atoms with van der Waals surface area (Å²) in [6, 6.07) is 4.34. The summed E-state index contributed by atoms with van der Waals surface area (Å²) >= 11 is 7.14. The summed E-state index contributed by atoms with van der Waals surface area (Å²) in [5, 5.41) is 4.66. The molecule has 0 saturated carbocycles. The second kappa shape index (κ2) is 5.22. The van der Waals surface area contributed by atoms with Gasteiger partial charge in [0, 0.05) is 24.3 Å². The van der Waals surface area contributed by atoms with Crippen LogP contribution in [0.15, 0.2) is 36.0 Å². The summed E-state index contributed by atoms with van der Waals surface area (Å²) in [4.78, 5) is 16.9. The number of nitrogens with one attached hydrogen (secondary N) is 1. The number of imidazole rings is 1. The van der Waals surface area contributed by atoms with E-state index in [1.165, 1.54) is 23.5 Å². The number of carbonyl (C=O) groups excluding carboxylic acids is 1. The Morgan fingerprint density at radius 2 is 2.35 bits per heavy atom. The van der Waals surface area contributed by atoms with E-state index in [9.17, 15) is 9.18 Å². The first-order valence-corrected chi connectivity index (χ1v) is 7.03. The lowest BCUT2D eigenvalue weighted by Gasteiger charge is -2.04. The van der Waals surface area contributed by atoms with Crippen LogP contribution in [0.1, 0.15) is 16.1 Å². The molecule has 1 N–H and O–H groups in total. The predicted octanol–water partition coefficient (Wildman–Crippen LogP) is 3.12. The van der Waals surface area contributed by atoms with Gasteiger partial charge in [-0.05, 0) is 17.7 Å². The normalized spacial score (nSPS) is 10.9. The predicted molar refractivity (Wildman–Crippen MR) is 75.6 cm³/mol. The van der Waals surface area contributed by atoms with E-state index in [-0.39, 0.29) is 17.5 Å². The van der Waals surface area contributed by atoms with Crippen LogP contribution in [0.4, 0.5) is 4.39 Å². The number of nitrogens with zero attached hydrogens (tertiary/aromatic N) is 2. The van der Waals surface area contributed by atoms with Crippen molar-refractivity contribution in [1.82, 2.24) is 14.7 Å². The van der Waals surface area contributed by atoms with Crippen LogP contribution >= 0.6 is 22.9 Å². The van der Waals surface area contributed by atoms with E-state index in [1.54, 1.807) is 16.7 Å². The van der Waals surface area contributed by atoms with Crippen LogP contribution in [0.2, 0.25) is 5.02 Å². The van der Waals surface area contributed by atoms with Crippen molar-refractivity contribution in [3.8, 4) is 0 Å². The van der Waals surface area contributed by atoms with Crippen LogP contribution in [-0.2, 0) is 6.54 Å². The number of carbonyl (C=O) groups is 1. The molecule has 4 nitrogen and oxygen atoms in total. The Morgan fingerprint density at radius 3 is 3.10 bits per heavy atom. The third-order valence-electron chi connectivity index (χ3n) is 2.76. The SMILES string of the molecule is O=C(NCc1ccc(F)c(Cl)c1)c1cn2ccsc2n1. The van der Waals surface area contributed by atoms with Crippen LogP contribution in [0, 0.1) is 5.82 Å². The van der Waals surface area contributed by atoms with Gasteiger partial charge in [0.15, 0.2) is 4.96 Å². The highest BCUT2D eigenvalue weighted by Gasteiger charge is 2.11. The number of amides is 1. The summed E-state index contributed by atoms with van der Waals surface area (Å²) < 4.78 is 14.8. The number of aromatic nitrogens is 2. The van der Waals surface area contributed by atoms with Crippen molar-refractivity contribution < 1.29 is 9.18 Å². The first-order chi connectivity index (χ1) is 9.63. The molecule has 0 aliphatic heterocycles. The smallest absolute Gasteiger partial charge is 0.271 e. The van der Waals surface area contributed by atoms with E-state index < -0.39 is 5.82 Å². The van der Waals surface area contributed by atoms with Gasteiger partial charge in [-0.15, -0.1) is 11.3 Å². The summed E-state index contributed by atoms with van der Waals surface area (Å²) in [6.45, 7) is 0.268. The number of hydrogen-bond acceptors (Lipinski definition) is 3. The van der Waals surface area contributed by atoms with Gasteiger partial charge < -0.3 is 5.32 Å². The van der Waals surface area contributed by atoms with Gasteiger partial charge in [-0.1, -0.05) is 17.7 Å². The highest BCUT2D eigenvalue weighted by molar-refractivity contribution is 7.15. The standard InChI is InChI=1S/C13H9ClFN3OS/c14-9-5-8(1-2-10(9)15)6-16-12(19)11-7-18-3-4-20-13(18)17-11/h1-5,7H,6H2,(H,16,19). The summed E-state index contributed by atoms with van der Waals surface area (Å²) in [6.07, 6.45) is 3.50. The maximum Gasteiger partial charge on any atom is 0.271 e. The molecular formula is C13H9ClFN3OS. The first-order valence-electron chi connectivity index (χ1n) is 5.78. The minimum atomic E-state index is -0.476. The van der Waals surface area contributed by atoms with Crippen LogP contribution in [-0.4, -0.2) is 15.3 Å². The summed E-state index contributed by atoms with van der Waals surface area (Å²) in [7, 11) is 0. The molecule has 7 heteroatoms. The quantitative estimate of drug-likeness (QED) is 0.808. The van der Waals surface area contributed by atoms with Crippen molar-refractivity contribution in [3.05, 3.63) is 58.1 Å². The number of rotatable bonds is 3. The second-order valence-electron chi connectivity index (χ2n) is 4.15. The molecule has 3 aromatic rings. The van der Waals surface area contributed by atoms with E-state index in [0.29, 0.717) is 5.69 Å². The Bertz CT molecular complexity index is 754. The van der Waals surface area contributed by atoms with Gasteiger partial charge in [-0.3, -0.25) is 9.20 Å². The Kier molecular flexibility index (Phi) is 3.42. The van der Waals surface area contributed by atoms with Crippen LogP contribution in [0.3, 0.4) is 0 Å². The number of hydrogen-bond donors (Lipinski definition) is 1.